The van der Waals surface area contributed by atoms with Crippen LogP contribution in [0.15, 0.2) is 39.8 Å². The van der Waals surface area contributed by atoms with Gasteiger partial charge in [0.1, 0.15) is 0 Å². The van der Waals surface area contributed by atoms with Crippen LogP contribution in [0, 0.1) is 0 Å². The lowest BCUT2D eigenvalue weighted by atomic mass is 10.5. The van der Waals surface area contributed by atoms with Crippen LogP contribution in [0.2, 0.25) is 0 Å². The Kier molecular flexibility index (Phi) is 2.27. The molecule has 0 atom stereocenters. The Morgan fingerprint density at radius 3 is 2.92 bits per heavy atom. The third-order valence-corrected chi connectivity index (χ3v) is 1.66. The van der Waals surface area contributed by atoms with Crippen molar-refractivity contribution in [3.8, 4) is 11.8 Å². The third kappa shape index (κ3) is 2.06. The number of ether oxygens (including phenoxy) is 1. The van der Waals surface area contributed by atoms with Crippen molar-refractivity contribution in [2.75, 3.05) is 0 Å². The van der Waals surface area contributed by atoms with Gasteiger partial charge in [-0.1, -0.05) is 0 Å². The first kappa shape index (κ1) is 8.25. The number of hydrogen-bond acceptors (Lipinski definition) is 4. The van der Waals surface area contributed by atoms with Crippen LogP contribution in [0.1, 0.15) is 0 Å². The van der Waals surface area contributed by atoms with Gasteiger partial charge >= 0.3 is 6.08 Å². The van der Waals surface area contributed by atoms with Crippen LogP contribution in [0.4, 0.5) is 0 Å². The van der Waals surface area contributed by atoms with E-state index in [0.717, 1.165) is 0 Å². The van der Waals surface area contributed by atoms with Crippen LogP contribution in [0.5, 0.6) is 11.8 Å². The Morgan fingerprint density at radius 2 is 2.31 bits per heavy atom. The number of rotatable bonds is 2. The van der Waals surface area contributed by atoms with Crippen molar-refractivity contribution in [3.63, 3.8) is 0 Å². The second kappa shape index (κ2) is 3.57. The fourth-order valence-electron chi connectivity index (χ4n) is 0.795. The fraction of sp³-hybridized carbons (Fsp3) is 0. The van der Waals surface area contributed by atoms with Crippen molar-refractivity contribution in [2.45, 2.75) is 0 Å². The third-order valence-electron chi connectivity index (χ3n) is 1.30. The minimum atomic E-state index is 0.194. The van der Waals surface area contributed by atoms with Crippen LogP contribution in [0.3, 0.4) is 0 Å². The van der Waals surface area contributed by atoms with E-state index >= 15 is 0 Å². The summed E-state index contributed by atoms with van der Waals surface area (Å²) < 4.78 is 10.8. The molecule has 0 N–H and O–H groups in total. The van der Waals surface area contributed by atoms with E-state index in [-0.39, 0.29) is 6.08 Å². The molecule has 0 fully saturated rings. The number of pyridine rings is 1. The van der Waals surface area contributed by atoms with E-state index in [2.05, 4.69) is 25.9 Å². The van der Waals surface area contributed by atoms with E-state index in [1.54, 1.807) is 24.5 Å². The maximum absolute atomic E-state index is 5.23. The second-order valence-corrected chi connectivity index (χ2v) is 3.00. The number of aromatic nitrogens is 2. The zero-order valence-electron chi connectivity index (χ0n) is 6.48. The highest BCUT2D eigenvalue weighted by Gasteiger charge is 2.02. The van der Waals surface area contributed by atoms with Crippen LogP contribution in [-0.4, -0.2) is 9.97 Å². The Labute approximate surface area is 82.7 Å². The lowest BCUT2D eigenvalue weighted by Gasteiger charge is -1.97. The summed E-state index contributed by atoms with van der Waals surface area (Å²) in [4.78, 5) is 7.73. The molecule has 0 saturated carbocycles. The zero-order valence-corrected chi connectivity index (χ0v) is 8.06. The summed E-state index contributed by atoms with van der Waals surface area (Å²) in [6.45, 7) is 0. The van der Waals surface area contributed by atoms with Crippen molar-refractivity contribution in [1.82, 2.24) is 9.97 Å². The van der Waals surface area contributed by atoms with E-state index in [9.17, 15) is 0 Å². The normalized spacial score (nSPS) is 9.92. The smallest absolute Gasteiger partial charge is 0.400 e. The second-order valence-electron chi connectivity index (χ2n) is 2.22. The average Bonchev–Trinajstić information content (AvgIpc) is 2.53. The molecule has 0 unspecified atom stereocenters. The molecule has 2 aromatic rings. The molecule has 4 nitrogen and oxygen atoms in total. The number of halogens is 1. The molecule has 0 bridgehead atoms. The van der Waals surface area contributed by atoms with Gasteiger partial charge in [-0.3, -0.25) is 4.98 Å². The van der Waals surface area contributed by atoms with E-state index in [4.69, 9.17) is 9.15 Å². The number of oxazole rings is 1. The van der Waals surface area contributed by atoms with Crippen LogP contribution >= 0.6 is 15.9 Å². The number of nitrogens with zero attached hydrogens (tertiary/aromatic N) is 2. The van der Waals surface area contributed by atoms with Gasteiger partial charge in [0.2, 0.25) is 0 Å². The van der Waals surface area contributed by atoms with E-state index in [1.165, 1.54) is 6.20 Å². The predicted octanol–water partition coefficient (Wildman–Crippen LogP) is 2.62. The van der Waals surface area contributed by atoms with E-state index in [0.29, 0.717) is 10.4 Å². The molecule has 2 rings (SSSR count). The summed E-state index contributed by atoms with van der Waals surface area (Å²) in [5.74, 6) is 0.594. The highest BCUT2D eigenvalue weighted by molar-refractivity contribution is 9.10. The summed E-state index contributed by atoms with van der Waals surface area (Å²) in [6.07, 6.45) is 4.96. The molecule has 0 aromatic carbocycles. The van der Waals surface area contributed by atoms with Gasteiger partial charge in [0.05, 0.1) is 12.4 Å². The first-order valence-electron chi connectivity index (χ1n) is 3.54. The molecule has 0 spiro atoms. The molecular formula is C8H5BrN2O2. The Morgan fingerprint density at radius 1 is 1.38 bits per heavy atom. The standard InChI is InChI=1S/C8H5BrN2O2/c9-7-5-11-8(13-7)12-6-2-1-3-10-4-6/h1-5H. The highest BCUT2D eigenvalue weighted by Crippen LogP contribution is 2.21. The first-order valence-corrected chi connectivity index (χ1v) is 4.33. The Balaban J connectivity index is 2.15. The SMILES string of the molecule is Brc1cnc(Oc2cccnc2)o1. The Hall–Kier alpha value is -1.36. The van der Waals surface area contributed by atoms with Crippen LogP contribution in [-0.2, 0) is 0 Å². The molecule has 66 valence electrons. The average molecular weight is 241 g/mol. The summed E-state index contributed by atoms with van der Waals surface area (Å²) >= 11 is 3.12. The lowest BCUT2D eigenvalue weighted by Crippen LogP contribution is -1.83. The molecule has 2 aromatic heterocycles. The van der Waals surface area contributed by atoms with Gasteiger partial charge in [-0.05, 0) is 28.1 Å². The van der Waals surface area contributed by atoms with Gasteiger partial charge in [-0.15, -0.1) is 0 Å². The number of hydrogen-bond donors (Lipinski definition) is 0. The summed E-state index contributed by atoms with van der Waals surface area (Å²) in [5.41, 5.74) is 0. The molecule has 0 aliphatic heterocycles. The van der Waals surface area contributed by atoms with Crippen molar-refractivity contribution in [3.05, 3.63) is 35.4 Å². The van der Waals surface area contributed by atoms with Gasteiger partial charge in [0.25, 0.3) is 0 Å². The summed E-state index contributed by atoms with van der Waals surface area (Å²) in [6, 6.07) is 3.54. The molecule has 13 heavy (non-hydrogen) atoms. The highest BCUT2D eigenvalue weighted by atomic mass is 79.9. The van der Waals surface area contributed by atoms with Gasteiger partial charge < -0.3 is 9.15 Å². The lowest BCUT2D eigenvalue weighted by molar-refractivity contribution is 0.322. The maximum Gasteiger partial charge on any atom is 0.400 e. The van der Waals surface area contributed by atoms with Crippen LogP contribution in [0.25, 0.3) is 0 Å². The molecule has 0 aliphatic carbocycles. The first-order chi connectivity index (χ1) is 6.34. The van der Waals surface area contributed by atoms with Gasteiger partial charge in [-0.25, -0.2) is 0 Å². The zero-order chi connectivity index (χ0) is 9.10. The molecule has 0 saturated heterocycles. The van der Waals surface area contributed by atoms with Crippen molar-refractivity contribution < 1.29 is 9.15 Å². The molecule has 0 amide bonds. The molecule has 0 aliphatic rings. The maximum atomic E-state index is 5.23. The van der Waals surface area contributed by atoms with Crippen molar-refractivity contribution in [2.24, 2.45) is 0 Å². The largest absolute Gasteiger partial charge is 0.409 e. The van der Waals surface area contributed by atoms with Crippen molar-refractivity contribution >= 4 is 15.9 Å². The van der Waals surface area contributed by atoms with E-state index < -0.39 is 0 Å². The monoisotopic (exact) mass is 240 g/mol. The minimum absolute atomic E-state index is 0.194. The molecule has 0 radical (unpaired) electrons. The predicted molar refractivity (Wildman–Crippen MR) is 48.5 cm³/mol. The Bertz CT molecular complexity index is 388. The van der Waals surface area contributed by atoms with Gasteiger partial charge in [0.15, 0.2) is 10.4 Å². The fourth-order valence-corrected chi connectivity index (χ4v) is 1.04. The molecule has 5 heteroatoms. The summed E-state index contributed by atoms with van der Waals surface area (Å²) in [5, 5.41) is 0. The van der Waals surface area contributed by atoms with E-state index in [1.807, 2.05) is 0 Å². The van der Waals surface area contributed by atoms with Gasteiger partial charge in [0, 0.05) is 6.20 Å². The van der Waals surface area contributed by atoms with Gasteiger partial charge in [-0.2, -0.15) is 4.98 Å². The van der Waals surface area contributed by atoms with Crippen LogP contribution < -0.4 is 4.74 Å². The molecule has 2 heterocycles. The summed E-state index contributed by atoms with van der Waals surface area (Å²) in [7, 11) is 0. The topological polar surface area (TPSA) is 48.2 Å². The van der Waals surface area contributed by atoms with Crippen molar-refractivity contribution in [1.29, 1.82) is 0 Å². The molecular weight excluding hydrogens is 236 g/mol. The minimum Gasteiger partial charge on any atom is -0.409 e. The quantitative estimate of drug-likeness (QED) is 0.810.